The second-order valence-corrected chi connectivity index (χ2v) is 5.99. The van der Waals surface area contributed by atoms with Gasteiger partial charge in [0.2, 0.25) is 0 Å². The molecule has 3 nitrogen and oxygen atoms in total. The monoisotopic (exact) mass is 248 g/mol. The van der Waals surface area contributed by atoms with E-state index in [1.54, 1.807) is 0 Å². The molecule has 2 rings (SSSR count). The number of hydrogen-bond acceptors (Lipinski definition) is 2. The molecule has 18 heavy (non-hydrogen) atoms. The molecule has 0 aromatic carbocycles. The third-order valence-corrected chi connectivity index (χ3v) is 3.94. The molecule has 1 aromatic rings. The van der Waals surface area contributed by atoms with Crippen molar-refractivity contribution in [2.45, 2.75) is 58.9 Å². The standard InChI is InChI=1S/C15H24N2O/c1-11(2)17-8-7-14(16-17)10-15(18)13-6-4-5-12(3)9-13/h7-8,11-13H,4-6,9-10H2,1-3H3. The molecule has 1 fully saturated rings. The maximum Gasteiger partial charge on any atom is 0.141 e. The molecule has 0 radical (unpaired) electrons. The van der Waals surface area contributed by atoms with Gasteiger partial charge in [0.25, 0.3) is 0 Å². The molecule has 1 saturated carbocycles. The van der Waals surface area contributed by atoms with Crippen LogP contribution < -0.4 is 0 Å². The summed E-state index contributed by atoms with van der Waals surface area (Å²) in [6.07, 6.45) is 7.12. The van der Waals surface area contributed by atoms with E-state index in [1.165, 1.54) is 12.8 Å². The van der Waals surface area contributed by atoms with E-state index < -0.39 is 0 Å². The van der Waals surface area contributed by atoms with Crippen LogP contribution in [0.3, 0.4) is 0 Å². The molecule has 0 N–H and O–H groups in total. The lowest BCUT2D eigenvalue weighted by atomic mass is 9.79. The molecule has 1 aliphatic carbocycles. The van der Waals surface area contributed by atoms with Gasteiger partial charge in [-0.15, -0.1) is 0 Å². The summed E-state index contributed by atoms with van der Waals surface area (Å²) >= 11 is 0. The zero-order valence-electron chi connectivity index (χ0n) is 11.7. The Balaban J connectivity index is 1.93. The number of rotatable bonds is 4. The third kappa shape index (κ3) is 3.21. The van der Waals surface area contributed by atoms with E-state index in [-0.39, 0.29) is 5.92 Å². The summed E-state index contributed by atoms with van der Waals surface area (Å²) < 4.78 is 1.92. The molecule has 0 saturated heterocycles. The highest BCUT2D eigenvalue weighted by atomic mass is 16.1. The molecular formula is C15H24N2O. The average Bonchev–Trinajstić information content (AvgIpc) is 2.77. The largest absolute Gasteiger partial charge is 0.299 e. The summed E-state index contributed by atoms with van der Waals surface area (Å²) in [5.74, 6) is 1.37. The molecule has 0 amide bonds. The van der Waals surface area contributed by atoms with Gasteiger partial charge in [-0.2, -0.15) is 5.10 Å². The lowest BCUT2D eigenvalue weighted by molar-refractivity contribution is -0.123. The number of carbonyl (C=O) groups excluding carboxylic acids is 1. The van der Waals surface area contributed by atoms with Crippen LogP contribution in [0.15, 0.2) is 12.3 Å². The van der Waals surface area contributed by atoms with Gasteiger partial charge in [0.05, 0.1) is 12.1 Å². The van der Waals surface area contributed by atoms with Crippen molar-refractivity contribution in [3.63, 3.8) is 0 Å². The Bertz CT molecular complexity index is 408. The summed E-state index contributed by atoms with van der Waals surface area (Å²) in [6.45, 7) is 6.45. The van der Waals surface area contributed by atoms with E-state index in [2.05, 4.69) is 25.9 Å². The van der Waals surface area contributed by atoms with Crippen molar-refractivity contribution in [1.82, 2.24) is 9.78 Å². The zero-order chi connectivity index (χ0) is 13.1. The maximum atomic E-state index is 12.2. The fourth-order valence-corrected chi connectivity index (χ4v) is 2.81. The van der Waals surface area contributed by atoms with Crippen molar-refractivity contribution in [1.29, 1.82) is 0 Å². The van der Waals surface area contributed by atoms with Gasteiger partial charge in [-0.3, -0.25) is 9.48 Å². The van der Waals surface area contributed by atoms with E-state index in [0.29, 0.717) is 24.2 Å². The molecule has 1 heterocycles. The fourth-order valence-electron chi connectivity index (χ4n) is 2.81. The van der Waals surface area contributed by atoms with Crippen LogP contribution in [0.25, 0.3) is 0 Å². The molecule has 0 aliphatic heterocycles. The lowest BCUT2D eigenvalue weighted by Crippen LogP contribution is -2.23. The Morgan fingerprint density at radius 1 is 1.50 bits per heavy atom. The molecule has 1 aliphatic rings. The summed E-state index contributed by atoms with van der Waals surface area (Å²) in [5.41, 5.74) is 0.923. The molecule has 0 spiro atoms. The first kappa shape index (κ1) is 13.3. The van der Waals surface area contributed by atoms with Crippen LogP contribution in [-0.2, 0) is 11.2 Å². The van der Waals surface area contributed by atoms with Gasteiger partial charge >= 0.3 is 0 Å². The van der Waals surface area contributed by atoms with Crippen LogP contribution in [0.4, 0.5) is 0 Å². The first-order valence-corrected chi connectivity index (χ1v) is 7.13. The average molecular weight is 248 g/mol. The summed E-state index contributed by atoms with van der Waals surface area (Å²) in [7, 11) is 0. The number of ketones is 1. The molecule has 0 bridgehead atoms. The van der Waals surface area contributed by atoms with Gasteiger partial charge in [0.1, 0.15) is 5.78 Å². The molecular weight excluding hydrogens is 224 g/mol. The van der Waals surface area contributed by atoms with Crippen LogP contribution in [0, 0.1) is 11.8 Å². The van der Waals surface area contributed by atoms with E-state index >= 15 is 0 Å². The van der Waals surface area contributed by atoms with Crippen LogP contribution in [0.1, 0.15) is 58.2 Å². The van der Waals surface area contributed by atoms with Gasteiger partial charge in [0, 0.05) is 18.2 Å². The summed E-state index contributed by atoms with van der Waals surface area (Å²) in [6, 6.07) is 2.34. The summed E-state index contributed by atoms with van der Waals surface area (Å²) in [5, 5.41) is 4.46. The van der Waals surface area contributed by atoms with Gasteiger partial charge in [-0.25, -0.2) is 0 Å². The van der Waals surface area contributed by atoms with Crippen LogP contribution >= 0.6 is 0 Å². The Morgan fingerprint density at radius 3 is 2.89 bits per heavy atom. The normalized spacial score (nSPS) is 24.4. The minimum Gasteiger partial charge on any atom is -0.299 e. The Hall–Kier alpha value is -1.12. The molecule has 3 heteroatoms. The highest BCUT2D eigenvalue weighted by Gasteiger charge is 2.25. The van der Waals surface area contributed by atoms with Crippen molar-refractivity contribution < 1.29 is 4.79 Å². The van der Waals surface area contributed by atoms with E-state index in [9.17, 15) is 4.79 Å². The minimum atomic E-state index is 0.276. The topological polar surface area (TPSA) is 34.9 Å². The maximum absolute atomic E-state index is 12.2. The van der Waals surface area contributed by atoms with Gasteiger partial charge in [-0.05, 0) is 38.7 Å². The van der Waals surface area contributed by atoms with Crippen molar-refractivity contribution in [2.75, 3.05) is 0 Å². The van der Waals surface area contributed by atoms with Crippen LogP contribution in [-0.4, -0.2) is 15.6 Å². The number of hydrogen-bond donors (Lipinski definition) is 0. The SMILES string of the molecule is CC1CCCC(C(=O)Cc2ccn(C(C)C)n2)C1. The van der Waals surface area contributed by atoms with Crippen molar-refractivity contribution >= 4 is 5.78 Å². The number of carbonyl (C=O) groups is 1. The Labute approximate surface area is 110 Å². The van der Waals surface area contributed by atoms with Gasteiger partial charge in [0.15, 0.2) is 0 Å². The van der Waals surface area contributed by atoms with Crippen LogP contribution in [0.5, 0.6) is 0 Å². The number of Topliss-reactive ketones (excluding diaryl/α,β-unsaturated/α-hetero) is 1. The lowest BCUT2D eigenvalue weighted by Gasteiger charge is -2.25. The first-order valence-electron chi connectivity index (χ1n) is 7.13. The zero-order valence-corrected chi connectivity index (χ0v) is 11.7. The van der Waals surface area contributed by atoms with Crippen molar-refractivity contribution in [3.8, 4) is 0 Å². The van der Waals surface area contributed by atoms with Crippen molar-refractivity contribution in [2.24, 2.45) is 11.8 Å². The summed E-state index contributed by atoms with van der Waals surface area (Å²) in [4.78, 5) is 12.2. The van der Waals surface area contributed by atoms with E-state index in [4.69, 9.17) is 0 Å². The quantitative estimate of drug-likeness (QED) is 0.818. The molecule has 100 valence electrons. The Kier molecular flexibility index (Phi) is 4.20. The smallest absolute Gasteiger partial charge is 0.141 e. The molecule has 2 atom stereocenters. The van der Waals surface area contributed by atoms with E-state index in [0.717, 1.165) is 18.5 Å². The number of aromatic nitrogens is 2. The predicted octanol–water partition coefficient (Wildman–Crippen LogP) is 3.40. The highest BCUT2D eigenvalue weighted by molar-refractivity contribution is 5.82. The van der Waals surface area contributed by atoms with Crippen LogP contribution in [0.2, 0.25) is 0 Å². The second kappa shape index (κ2) is 5.68. The van der Waals surface area contributed by atoms with Gasteiger partial charge < -0.3 is 0 Å². The minimum absolute atomic E-state index is 0.276. The predicted molar refractivity (Wildman–Crippen MR) is 72.4 cm³/mol. The first-order chi connectivity index (χ1) is 8.56. The molecule has 2 unspecified atom stereocenters. The fraction of sp³-hybridized carbons (Fsp3) is 0.733. The number of nitrogens with zero attached hydrogens (tertiary/aromatic N) is 2. The van der Waals surface area contributed by atoms with Gasteiger partial charge in [-0.1, -0.05) is 19.8 Å². The second-order valence-electron chi connectivity index (χ2n) is 5.99. The third-order valence-electron chi connectivity index (χ3n) is 3.94. The molecule has 1 aromatic heterocycles. The van der Waals surface area contributed by atoms with Crippen molar-refractivity contribution in [3.05, 3.63) is 18.0 Å². The highest BCUT2D eigenvalue weighted by Crippen LogP contribution is 2.29. The van der Waals surface area contributed by atoms with E-state index in [1.807, 2.05) is 16.9 Å². The Morgan fingerprint density at radius 2 is 2.28 bits per heavy atom.